The lowest BCUT2D eigenvalue weighted by molar-refractivity contribution is 0.0849. The Kier molecular flexibility index (Phi) is 6.50. The van der Waals surface area contributed by atoms with Gasteiger partial charge in [-0.25, -0.2) is 13.8 Å². The molecule has 2 aromatic carbocycles. The predicted molar refractivity (Wildman–Crippen MR) is 120 cm³/mol. The lowest BCUT2D eigenvalue weighted by Gasteiger charge is -2.18. The quantitative estimate of drug-likeness (QED) is 0.620. The summed E-state index contributed by atoms with van der Waals surface area (Å²) in [6.45, 7) is 4.14. The third kappa shape index (κ3) is 4.63. The van der Waals surface area contributed by atoms with Crippen molar-refractivity contribution in [2.75, 3.05) is 13.2 Å². The number of aromatic nitrogens is 3. The number of amides is 1. The van der Waals surface area contributed by atoms with E-state index in [1.165, 1.54) is 12.1 Å². The Labute approximate surface area is 189 Å². The van der Waals surface area contributed by atoms with Gasteiger partial charge >= 0.3 is 5.69 Å². The van der Waals surface area contributed by atoms with Gasteiger partial charge in [0.05, 0.1) is 17.8 Å². The highest BCUT2D eigenvalue weighted by Crippen LogP contribution is 2.16. The molecule has 0 bridgehead atoms. The lowest BCUT2D eigenvalue weighted by atomic mass is 10.1. The van der Waals surface area contributed by atoms with Crippen molar-refractivity contribution in [1.82, 2.24) is 19.7 Å². The van der Waals surface area contributed by atoms with Gasteiger partial charge in [0.2, 0.25) is 5.69 Å². The number of hydrogen-bond acceptors (Lipinski definition) is 5. The summed E-state index contributed by atoms with van der Waals surface area (Å²) < 4.78 is 21.6. The number of benzene rings is 2. The summed E-state index contributed by atoms with van der Waals surface area (Å²) in [5, 5.41) is 6.72. The van der Waals surface area contributed by atoms with Crippen LogP contribution < -0.4 is 16.6 Å². The van der Waals surface area contributed by atoms with E-state index in [0.717, 1.165) is 28.2 Å². The summed E-state index contributed by atoms with van der Waals surface area (Å²) >= 11 is 0. The Hall–Kier alpha value is -3.59. The number of ether oxygens (including phenoxy) is 1. The Morgan fingerprint density at radius 3 is 2.67 bits per heavy atom. The average Bonchev–Trinajstić information content (AvgIpc) is 3.34. The van der Waals surface area contributed by atoms with Crippen LogP contribution in [0.5, 0.6) is 0 Å². The summed E-state index contributed by atoms with van der Waals surface area (Å²) in [4.78, 5) is 39.5. The molecule has 8 nitrogen and oxygen atoms in total. The van der Waals surface area contributed by atoms with Crippen LogP contribution in [0.3, 0.4) is 0 Å². The second-order valence-electron chi connectivity index (χ2n) is 8.08. The molecule has 0 saturated carbocycles. The molecule has 0 aliphatic carbocycles. The van der Waals surface area contributed by atoms with Crippen molar-refractivity contribution in [1.29, 1.82) is 0 Å². The molecular formula is C24H25FN4O4. The number of halogens is 1. The van der Waals surface area contributed by atoms with Crippen molar-refractivity contribution in [3.63, 3.8) is 0 Å². The van der Waals surface area contributed by atoms with E-state index >= 15 is 0 Å². The van der Waals surface area contributed by atoms with Crippen LogP contribution in [0.15, 0.2) is 58.1 Å². The Balaban J connectivity index is 1.83. The van der Waals surface area contributed by atoms with E-state index in [1.54, 1.807) is 38.1 Å². The van der Waals surface area contributed by atoms with Crippen LogP contribution >= 0.6 is 0 Å². The molecule has 3 aromatic rings. The van der Waals surface area contributed by atoms with Gasteiger partial charge in [-0.1, -0.05) is 36.4 Å². The summed E-state index contributed by atoms with van der Waals surface area (Å²) in [6.07, 6.45) is 1.59. The van der Waals surface area contributed by atoms with Gasteiger partial charge in [0.1, 0.15) is 5.82 Å². The first-order chi connectivity index (χ1) is 15.9. The molecule has 1 aliphatic rings. The van der Waals surface area contributed by atoms with Gasteiger partial charge in [-0.2, -0.15) is 9.78 Å². The minimum atomic E-state index is -0.815. The monoisotopic (exact) mass is 452 g/mol. The van der Waals surface area contributed by atoms with Crippen LogP contribution in [0.4, 0.5) is 4.39 Å². The SMILES string of the molecule is Cc1ccc(-n2nc(C(=O)NC[C@@H]3CCCO3)c(=O)n([C@H](C)c3ccccc3)c2=O)cc1F. The zero-order valence-electron chi connectivity index (χ0n) is 18.5. The first-order valence-electron chi connectivity index (χ1n) is 10.8. The first-order valence-corrected chi connectivity index (χ1v) is 10.8. The topological polar surface area (TPSA) is 95.2 Å². The maximum Gasteiger partial charge on any atom is 0.352 e. The summed E-state index contributed by atoms with van der Waals surface area (Å²) in [7, 11) is 0. The van der Waals surface area contributed by atoms with Crippen LogP contribution in [0.25, 0.3) is 5.69 Å². The third-order valence-corrected chi connectivity index (χ3v) is 5.81. The van der Waals surface area contributed by atoms with E-state index in [1.807, 2.05) is 6.07 Å². The fourth-order valence-electron chi connectivity index (χ4n) is 3.83. The van der Waals surface area contributed by atoms with E-state index in [4.69, 9.17) is 4.74 Å². The highest BCUT2D eigenvalue weighted by Gasteiger charge is 2.25. The van der Waals surface area contributed by atoms with Crippen LogP contribution in [0, 0.1) is 12.7 Å². The number of carbonyl (C=O) groups is 1. The molecule has 4 rings (SSSR count). The molecule has 2 atom stereocenters. The fraction of sp³-hybridized carbons (Fsp3) is 0.333. The second-order valence-corrected chi connectivity index (χ2v) is 8.08. The maximum atomic E-state index is 14.2. The Bertz CT molecular complexity index is 1280. The molecule has 1 amide bonds. The fourth-order valence-corrected chi connectivity index (χ4v) is 3.83. The lowest BCUT2D eigenvalue weighted by Crippen LogP contribution is -2.47. The minimum Gasteiger partial charge on any atom is -0.376 e. The third-order valence-electron chi connectivity index (χ3n) is 5.81. The van der Waals surface area contributed by atoms with Crippen molar-refractivity contribution in [2.45, 2.75) is 38.8 Å². The van der Waals surface area contributed by atoms with Gasteiger partial charge in [0.15, 0.2) is 0 Å². The second kappa shape index (κ2) is 9.50. The van der Waals surface area contributed by atoms with Crippen LogP contribution in [0.1, 0.15) is 47.4 Å². The molecule has 2 heterocycles. The van der Waals surface area contributed by atoms with Gasteiger partial charge in [0.25, 0.3) is 11.5 Å². The average molecular weight is 452 g/mol. The molecule has 0 unspecified atom stereocenters. The van der Waals surface area contributed by atoms with Crippen LogP contribution in [-0.2, 0) is 4.74 Å². The van der Waals surface area contributed by atoms with E-state index in [0.29, 0.717) is 17.7 Å². The smallest absolute Gasteiger partial charge is 0.352 e. The number of hydrogen-bond donors (Lipinski definition) is 1. The number of carbonyl (C=O) groups excluding carboxylic acids is 1. The van der Waals surface area contributed by atoms with Crippen molar-refractivity contribution in [3.05, 3.63) is 92.0 Å². The van der Waals surface area contributed by atoms with Gasteiger partial charge in [-0.15, -0.1) is 0 Å². The molecule has 0 spiro atoms. The standard InChI is InChI=1S/C24H25FN4O4/c1-15-10-11-18(13-20(15)25)29-24(32)28(16(2)17-7-4-3-5-8-17)23(31)21(27-29)22(30)26-14-19-9-6-12-33-19/h3-5,7-8,10-11,13,16,19H,6,9,12,14H2,1-2H3,(H,26,30)/t16-,19+/m1/s1. The summed E-state index contributed by atoms with van der Waals surface area (Å²) in [5.41, 5.74) is -0.815. The van der Waals surface area contributed by atoms with Crippen molar-refractivity contribution >= 4 is 5.91 Å². The normalized spacial score (nSPS) is 16.5. The number of rotatable bonds is 6. The van der Waals surface area contributed by atoms with E-state index in [2.05, 4.69) is 10.4 Å². The Morgan fingerprint density at radius 2 is 2.00 bits per heavy atom. The molecule has 1 aliphatic heterocycles. The van der Waals surface area contributed by atoms with Crippen molar-refractivity contribution in [2.24, 2.45) is 0 Å². The largest absolute Gasteiger partial charge is 0.376 e. The van der Waals surface area contributed by atoms with Gasteiger partial charge < -0.3 is 10.1 Å². The summed E-state index contributed by atoms with van der Waals surface area (Å²) in [5.74, 6) is -1.25. The number of nitrogens with one attached hydrogen (secondary N) is 1. The van der Waals surface area contributed by atoms with Crippen LogP contribution in [-0.4, -0.2) is 39.5 Å². The highest BCUT2D eigenvalue weighted by molar-refractivity contribution is 5.91. The zero-order chi connectivity index (χ0) is 23.5. The van der Waals surface area contributed by atoms with Crippen LogP contribution in [0.2, 0.25) is 0 Å². The molecule has 172 valence electrons. The molecule has 0 radical (unpaired) electrons. The molecule has 33 heavy (non-hydrogen) atoms. The van der Waals surface area contributed by atoms with Gasteiger partial charge in [-0.05, 0) is 43.9 Å². The van der Waals surface area contributed by atoms with Gasteiger partial charge in [-0.3, -0.25) is 9.59 Å². The van der Waals surface area contributed by atoms with E-state index in [9.17, 15) is 18.8 Å². The first kappa shape index (κ1) is 22.6. The number of nitrogens with zero attached hydrogens (tertiary/aromatic N) is 3. The van der Waals surface area contributed by atoms with Crippen molar-refractivity contribution < 1.29 is 13.9 Å². The summed E-state index contributed by atoms with van der Waals surface area (Å²) in [6, 6.07) is 12.5. The highest BCUT2D eigenvalue weighted by atomic mass is 19.1. The molecule has 1 saturated heterocycles. The molecule has 1 aromatic heterocycles. The molecular weight excluding hydrogens is 427 g/mol. The molecule has 1 N–H and O–H groups in total. The molecule has 1 fully saturated rings. The minimum absolute atomic E-state index is 0.116. The predicted octanol–water partition coefficient (Wildman–Crippen LogP) is 2.36. The molecule has 9 heteroatoms. The van der Waals surface area contributed by atoms with E-state index < -0.39 is 34.7 Å². The number of aryl methyl sites for hydroxylation is 1. The zero-order valence-corrected chi connectivity index (χ0v) is 18.5. The Morgan fingerprint density at radius 1 is 1.24 bits per heavy atom. The maximum absolute atomic E-state index is 14.2. The van der Waals surface area contributed by atoms with Gasteiger partial charge in [0, 0.05) is 19.2 Å². The van der Waals surface area contributed by atoms with E-state index in [-0.39, 0.29) is 18.3 Å². The van der Waals surface area contributed by atoms with Crippen molar-refractivity contribution in [3.8, 4) is 5.69 Å².